The predicted octanol–water partition coefficient (Wildman–Crippen LogP) is 1.60. The molecule has 0 aliphatic carbocycles. The molecule has 0 saturated carbocycles. The second-order valence-corrected chi connectivity index (χ2v) is 4.76. The van der Waals surface area contributed by atoms with Crippen LogP contribution in [0.5, 0.6) is 0 Å². The number of nitrogens with one attached hydrogen (secondary N) is 1. The van der Waals surface area contributed by atoms with Crippen LogP contribution >= 0.6 is 0 Å². The largest absolute Gasteiger partial charge is 0.369 e. The van der Waals surface area contributed by atoms with Crippen LogP contribution in [0.25, 0.3) is 11.0 Å². The highest BCUT2D eigenvalue weighted by Gasteiger charge is 2.11. The van der Waals surface area contributed by atoms with Crippen molar-refractivity contribution in [2.45, 2.75) is 32.6 Å². The van der Waals surface area contributed by atoms with E-state index in [9.17, 15) is 0 Å². The van der Waals surface area contributed by atoms with Gasteiger partial charge in [0.15, 0.2) is 5.65 Å². The van der Waals surface area contributed by atoms with Crippen LogP contribution in [0.15, 0.2) is 6.33 Å². The molecule has 6 heteroatoms. The number of aromatic nitrogens is 4. The Balaban J connectivity index is 1.97. The summed E-state index contributed by atoms with van der Waals surface area (Å²) >= 11 is 0. The minimum absolute atomic E-state index is 0.787. The number of nitrogens with two attached hydrogens (primary N) is 1. The molecule has 6 nitrogen and oxygen atoms in total. The summed E-state index contributed by atoms with van der Waals surface area (Å²) in [5.41, 5.74) is 7.31. The minimum Gasteiger partial charge on any atom is -0.369 e. The first-order valence-corrected chi connectivity index (χ1v) is 6.82. The molecule has 0 unspecified atom stereocenters. The Hall–Kier alpha value is -1.69. The molecule has 0 aliphatic heterocycles. The topological polar surface area (TPSA) is 81.7 Å². The smallest absolute Gasteiger partial charge is 0.163 e. The lowest BCUT2D eigenvalue weighted by atomic mass is 10.2. The molecule has 3 N–H and O–H groups in total. The summed E-state index contributed by atoms with van der Waals surface area (Å²) in [6, 6.07) is 0. The van der Waals surface area contributed by atoms with Gasteiger partial charge in [-0.25, -0.2) is 9.97 Å². The molecule has 0 fully saturated rings. The molecular formula is C13H22N6. The number of nitrogens with zero attached hydrogens (tertiary/aromatic N) is 4. The fourth-order valence-corrected chi connectivity index (χ4v) is 2.24. The maximum Gasteiger partial charge on any atom is 0.163 e. The van der Waals surface area contributed by atoms with E-state index in [-0.39, 0.29) is 0 Å². The van der Waals surface area contributed by atoms with E-state index in [0.717, 1.165) is 48.5 Å². The van der Waals surface area contributed by atoms with Crippen molar-refractivity contribution < 1.29 is 0 Å². The Labute approximate surface area is 113 Å². The average molecular weight is 262 g/mol. The summed E-state index contributed by atoms with van der Waals surface area (Å²) in [7, 11) is 1.90. The molecule has 0 saturated heterocycles. The van der Waals surface area contributed by atoms with Gasteiger partial charge in [-0.1, -0.05) is 12.8 Å². The summed E-state index contributed by atoms with van der Waals surface area (Å²) in [5, 5.41) is 8.78. The standard InChI is InChI=1S/C13H22N6/c1-10-11-12(15-8-6-4-3-5-7-14)16-9-17-13(11)19(2)18-10/h9H,3-8,14H2,1-2H3,(H,15,16,17). The van der Waals surface area contributed by atoms with E-state index in [4.69, 9.17) is 5.73 Å². The molecule has 19 heavy (non-hydrogen) atoms. The van der Waals surface area contributed by atoms with E-state index in [1.807, 2.05) is 14.0 Å². The van der Waals surface area contributed by atoms with Crippen LogP contribution in [0.3, 0.4) is 0 Å². The van der Waals surface area contributed by atoms with E-state index in [1.165, 1.54) is 12.8 Å². The lowest BCUT2D eigenvalue weighted by Gasteiger charge is -2.06. The maximum absolute atomic E-state index is 5.47. The molecule has 2 heterocycles. The van der Waals surface area contributed by atoms with Gasteiger partial charge in [0.1, 0.15) is 12.1 Å². The number of hydrogen-bond donors (Lipinski definition) is 2. The molecule has 2 aromatic rings. The third-order valence-electron chi connectivity index (χ3n) is 3.22. The highest BCUT2D eigenvalue weighted by atomic mass is 15.3. The normalized spacial score (nSPS) is 11.1. The van der Waals surface area contributed by atoms with E-state index >= 15 is 0 Å². The number of hydrogen-bond acceptors (Lipinski definition) is 5. The Morgan fingerprint density at radius 1 is 1.21 bits per heavy atom. The van der Waals surface area contributed by atoms with Crippen LogP contribution in [0.4, 0.5) is 5.82 Å². The summed E-state index contributed by atoms with van der Waals surface area (Å²) in [6.45, 7) is 3.69. The van der Waals surface area contributed by atoms with Crippen molar-refractivity contribution >= 4 is 16.9 Å². The van der Waals surface area contributed by atoms with Crippen molar-refractivity contribution in [3.63, 3.8) is 0 Å². The summed E-state index contributed by atoms with van der Waals surface area (Å²) in [5.74, 6) is 0.884. The van der Waals surface area contributed by atoms with Gasteiger partial charge in [-0.05, 0) is 26.3 Å². The SMILES string of the molecule is Cc1nn(C)c2ncnc(NCCCCCCN)c12. The average Bonchev–Trinajstić information content (AvgIpc) is 2.70. The van der Waals surface area contributed by atoms with Gasteiger partial charge in [0.25, 0.3) is 0 Å². The Morgan fingerprint density at radius 3 is 2.79 bits per heavy atom. The summed E-state index contributed by atoms with van der Waals surface area (Å²) in [6.07, 6.45) is 6.22. The third kappa shape index (κ3) is 3.20. The predicted molar refractivity (Wildman–Crippen MR) is 77.1 cm³/mol. The number of aryl methyl sites for hydroxylation is 2. The first kappa shape index (κ1) is 13.7. The zero-order valence-corrected chi connectivity index (χ0v) is 11.7. The monoisotopic (exact) mass is 262 g/mol. The summed E-state index contributed by atoms with van der Waals surface area (Å²) in [4.78, 5) is 8.59. The molecule has 0 bridgehead atoms. The molecule has 0 aliphatic rings. The van der Waals surface area contributed by atoms with Gasteiger partial charge in [0.05, 0.1) is 11.1 Å². The second kappa shape index (κ2) is 6.47. The third-order valence-corrected chi connectivity index (χ3v) is 3.22. The lowest BCUT2D eigenvalue weighted by molar-refractivity contribution is 0.661. The fraction of sp³-hybridized carbons (Fsp3) is 0.615. The number of rotatable bonds is 7. The molecule has 0 atom stereocenters. The van der Waals surface area contributed by atoms with Crippen LogP contribution in [0.1, 0.15) is 31.4 Å². The zero-order valence-electron chi connectivity index (χ0n) is 11.7. The zero-order chi connectivity index (χ0) is 13.7. The first-order chi connectivity index (χ1) is 9.24. The van der Waals surface area contributed by atoms with Crippen molar-refractivity contribution in [1.29, 1.82) is 0 Å². The van der Waals surface area contributed by atoms with Crippen molar-refractivity contribution in [1.82, 2.24) is 19.7 Å². The molecule has 0 radical (unpaired) electrons. The van der Waals surface area contributed by atoms with Crippen LogP contribution in [-0.2, 0) is 7.05 Å². The number of anilines is 1. The highest BCUT2D eigenvalue weighted by molar-refractivity contribution is 5.88. The van der Waals surface area contributed by atoms with Gasteiger partial charge >= 0.3 is 0 Å². The first-order valence-electron chi connectivity index (χ1n) is 6.82. The van der Waals surface area contributed by atoms with Crippen molar-refractivity contribution in [3.8, 4) is 0 Å². The molecule has 2 aromatic heterocycles. The second-order valence-electron chi connectivity index (χ2n) is 4.76. The van der Waals surface area contributed by atoms with E-state index in [1.54, 1.807) is 11.0 Å². The van der Waals surface area contributed by atoms with Crippen LogP contribution in [-0.4, -0.2) is 32.8 Å². The fourth-order valence-electron chi connectivity index (χ4n) is 2.24. The van der Waals surface area contributed by atoms with Gasteiger partial charge in [-0.15, -0.1) is 0 Å². The van der Waals surface area contributed by atoms with Crippen LogP contribution in [0.2, 0.25) is 0 Å². The van der Waals surface area contributed by atoms with E-state index < -0.39 is 0 Å². The Morgan fingerprint density at radius 2 is 2.00 bits per heavy atom. The molecule has 0 aromatic carbocycles. The van der Waals surface area contributed by atoms with Gasteiger partial charge in [-0.2, -0.15) is 5.10 Å². The van der Waals surface area contributed by atoms with Gasteiger partial charge in [-0.3, -0.25) is 4.68 Å². The van der Waals surface area contributed by atoms with Gasteiger partial charge < -0.3 is 11.1 Å². The lowest BCUT2D eigenvalue weighted by Crippen LogP contribution is -2.05. The Kier molecular flexibility index (Phi) is 4.68. The Bertz CT molecular complexity index is 533. The van der Waals surface area contributed by atoms with Gasteiger partial charge in [0.2, 0.25) is 0 Å². The van der Waals surface area contributed by atoms with Crippen LogP contribution < -0.4 is 11.1 Å². The van der Waals surface area contributed by atoms with Crippen molar-refractivity contribution in [3.05, 3.63) is 12.0 Å². The quantitative estimate of drug-likeness (QED) is 0.741. The molecular weight excluding hydrogens is 240 g/mol. The highest BCUT2D eigenvalue weighted by Crippen LogP contribution is 2.21. The molecule has 0 spiro atoms. The summed E-state index contributed by atoms with van der Waals surface area (Å²) < 4.78 is 1.79. The minimum atomic E-state index is 0.787. The van der Waals surface area contributed by atoms with Crippen LogP contribution in [0, 0.1) is 6.92 Å². The van der Waals surface area contributed by atoms with E-state index in [2.05, 4.69) is 20.4 Å². The van der Waals surface area contributed by atoms with Crippen molar-refractivity contribution in [2.24, 2.45) is 12.8 Å². The van der Waals surface area contributed by atoms with Gasteiger partial charge in [0, 0.05) is 13.6 Å². The number of fused-ring (bicyclic) bond motifs is 1. The molecule has 2 rings (SSSR count). The maximum atomic E-state index is 5.47. The number of unbranched alkanes of at least 4 members (excludes halogenated alkanes) is 3. The van der Waals surface area contributed by atoms with Crippen molar-refractivity contribution in [2.75, 3.05) is 18.4 Å². The molecule has 0 amide bonds. The molecule has 104 valence electrons. The van der Waals surface area contributed by atoms with E-state index in [0.29, 0.717) is 0 Å².